The number of ketones is 1. The number of aromatic carboxylic acids is 1. The molecule has 7 nitrogen and oxygen atoms in total. The quantitative estimate of drug-likeness (QED) is 0.674. The molecule has 132 valence electrons. The van der Waals surface area contributed by atoms with Gasteiger partial charge in [0.2, 0.25) is 5.78 Å². The molecule has 0 saturated carbocycles. The molecule has 0 atom stereocenters. The normalized spacial score (nSPS) is 10.2. The Morgan fingerprint density at radius 1 is 1.11 bits per heavy atom. The SMILES string of the molecule is N#Cc1c(-c2ccccc2)nc(C(=O)Cc2cccc(C(=O)O)c2)[nH]c1=O. The molecule has 7 heteroatoms. The highest BCUT2D eigenvalue weighted by molar-refractivity contribution is 5.95. The second kappa shape index (κ2) is 7.45. The van der Waals surface area contributed by atoms with Crippen LogP contribution < -0.4 is 5.56 Å². The first-order valence-electron chi connectivity index (χ1n) is 7.95. The van der Waals surface area contributed by atoms with Gasteiger partial charge in [0, 0.05) is 12.0 Å². The number of nitrogens with one attached hydrogen (secondary N) is 1. The minimum Gasteiger partial charge on any atom is -0.478 e. The van der Waals surface area contributed by atoms with Gasteiger partial charge in [-0.3, -0.25) is 9.59 Å². The lowest BCUT2D eigenvalue weighted by Crippen LogP contribution is -2.21. The molecular formula is C20H13N3O4. The summed E-state index contributed by atoms with van der Waals surface area (Å²) in [7, 11) is 0. The highest BCUT2D eigenvalue weighted by Crippen LogP contribution is 2.19. The first-order valence-corrected chi connectivity index (χ1v) is 7.95. The molecule has 0 saturated heterocycles. The Morgan fingerprint density at radius 2 is 1.85 bits per heavy atom. The molecule has 0 aliphatic carbocycles. The van der Waals surface area contributed by atoms with E-state index in [4.69, 9.17) is 5.11 Å². The zero-order valence-corrected chi connectivity index (χ0v) is 14.0. The van der Waals surface area contributed by atoms with E-state index in [1.807, 2.05) is 6.07 Å². The molecule has 0 radical (unpaired) electrons. The van der Waals surface area contributed by atoms with E-state index in [0.29, 0.717) is 11.1 Å². The largest absolute Gasteiger partial charge is 0.478 e. The smallest absolute Gasteiger partial charge is 0.335 e. The first kappa shape index (κ1) is 17.8. The van der Waals surface area contributed by atoms with E-state index in [0.717, 1.165) is 0 Å². The number of carboxylic acids is 1. The van der Waals surface area contributed by atoms with Gasteiger partial charge in [0.15, 0.2) is 5.82 Å². The number of carbonyl (C=O) groups is 2. The Balaban J connectivity index is 2.00. The number of carbonyl (C=O) groups excluding carboxylic acids is 1. The second-order valence-electron chi connectivity index (χ2n) is 5.72. The molecule has 0 amide bonds. The van der Waals surface area contributed by atoms with Gasteiger partial charge < -0.3 is 10.1 Å². The van der Waals surface area contributed by atoms with Gasteiger partial charge in [0.1, 0.15) is 11.6 Å². The monoisotopic (exact) mass is 359 g/mol. The molecule has 3 aromatic rings. The van der Waals surface area contributed by atoms with E-state index >= 15 is 0 Å². The molecule has 0 bridgehead atoms. The summed E-state index contributed by atoms with van der Waals surface area (Å²) in [5.41, 5.74) is 0.339. The van der Waals surface area contributed by atoms with Crippen LogP contribution in [0.1, 0.15) is 32.1 Å². The molecule has 1 heterocycles. The van der Waals surface area contributed by atoms with Gasteiger partial charge in [-0.05, 0) is 17.7 Å². The van der Waals surface area contributed by atoms with Crippen molar-refractivity contribution in [2.24, 2.45) is 0 Å². The van der Waals surface area contributed by atoms with E-state index in [2.05, 4.69) is 9.97 Å². The Bertz CT molecular complexity index is 1130. The highest BCUT2D eigenvalue weighted by atomic mass is 16.4. The Labute approximate surface area is 153 Å². The van der Waals surface area contributed by atoms with Gasteiger partial charge in [0.05, 0.1) is 11.3 Å². The van der Waals surface area contributed by atoms with Crippen LogP contribution in [-0.2, 0) is 6.42 Å². The maximum absolute atomic E-state index is 12.6. The lowest BCUT2D eigenvalue weighted by atomic mass is 10.0. The predicted molar refractivity (Wildman–Crippen MR) is 96.4 cm³/mol. The number of aromatic amines is 1. The lowest BCUT2D eigenvalue weighted by molar-refractivity contribution is 0.0696. The van der Waals surface area contributed by atoms with Gasteiger partial charge in [0.25, 0.3) is 5.56 Å². The maximum atomic E-state index is 12.6. The van der Waals surface area contributed by atoms with Crippen LogP contribution in [0.4, 0.5) is 0 Å². The number of aromatic nitrogens is 2. The standard InChI is InChI=1S/C20H13N3O4/c21-11-15-17(13-6-2-1-3-7-13)22-18(23-19(15)25)16(24)10-12-5-4-8-14(9-12)20(26)27/h1-9H,10H2,(H,26,27)(H,22,23,25). The number of H-pyrrole nitrogens is 1. The van der Waals surface area contributed by atoms with Gasteiger partial charge >= 0.3 is 5.97 Å². The number of nitrogens with zero attached hydrogens (tertiary/aromatic N) is 2. The summed E-state index contributed by atoms with van der Waals surface area (Å²) < 4.78 is 0. The zero-order valence-electron chi connectivity index (χ0n) is 14.0. The third kappa shape index (κ3) is 3.80. The minimum atomic E-state index is -1.10. The van der Waals surface area contributed by atoms with Gasteiger partial charge in [-0.25, -0.2) is 9.78 Å². The van der Waals surface area contributed by atoms with Gasteiger partial charge in [-0.15, -0.1) is 0 Å². The van der Waals surface area contributed by atoms with Crippen molar-refractivity contribution < 1.29 is 14.7 Å². The van der Waals surface area contributed by atoms with Crippen LogP contribution in [0, 0.1) is 11.3 Å². The van der Waals surface area contributed by atoms with Crippen molar-refractivity contribution in [2.75, 3.05) is 0 Å². The highest BCUT2D eigenvalue weighted by Gasteiger charge is 2.18. The first-order chi connectivity index (χ1) is 13.0. The molecule has 1 aromatic heterocycles. The number of Topliss-reactive ketones (excluding diaryl/α,β-unsaturated/α-hetero) is 1. The Kier molecular flexibility index (Phi) is 4.90. The van der Waals surface area contributed by atoms with Crippen molar-refractivity contribution in [1.29, 1.82) is 5.26 Å². The van der Waals surface area contributed by atoms with Crippen molar-refractivity contribution >= 4 is 11.8 Å². The van der Waals surface area contributed by atoms with Crippen LogP contribution in [0.3, 0.4) is 0 Å². The third-order valence-corrected chi connectivity index (χ3v) is 3.88. The molecule has 0 fully saturated rings. The number of benzene rings is 2. The molecule has 0 unspecified atom stereocenters. The van der Waals surface area contributed by atoms with Crippen LogP contribution in [0.2, 0.25) is 0 Å². The summed E-state index contributed by atoms with van der Waals surface area (Å²) >= 11 is 0. The van der Waals surface area contributed by atoms with Crippen molar-refractivity contribution in [1.82, 2.24) is 9.97 Å². The third-order valence-electron chi connectivity index (χ3n) is 3.88. The summed E-state index contributed by atoms with van der Waals surface area (Å²) in [5, 5.41) is 18.3. The second-order valence-corrected chi connectivity index (χ2v) is 5.72. The van der Waals surface area contributed by atoms with E-state index in [9.17, 15) is 19.6 Å². The number of nitriles is 1. The van der Waals surface area contributed by atoms with Crippen molar-refractivity contribution in [2.45, 2.75) is 6.42 Å². The topological polar surface area (TPSA) is 124 Å². The molecule has 0 aliphatic rings. The van der Waals surface area contributed by atoms with Gasteiger partial charge in [-0.1, -0.05) is 42.5 Å². The fourth-order valence-corrected chi connectivity index (χ4v) is 2.60. The van der Waals surface area contributed by atoms with E-state index in [-0.39, 0.29) is 29.1 Å². The van der Waals surface area contributed by atoms with Gasteiger partial charge in [-0.2, -0.15) is 5.26 Å². The van der Waals surface area contributed by atoms with E-state index in [1.54, 1.807) is 36.4 Å². The Morgan fingerprint density at radius 3 is 2.52 bits per heavy atom. The van der Waals surface area contributed by atoms with Crippen LogP contribution >= 0.6 is 0 Å². The number of rotatable bonds is 5. The molecule has 27 heavy (non-hydrogen) atoms. The van der Waals surface area contributed by atoms with Crippen LogP contribution in [0.15, 0.2) is 59.4 Å². The summed E-state index contributed by atoms with van der Waals surface area (Å²) in [6.45, 7) is 0. The summed E-state index contributed by atoms with van der Waals surface area (Å²) in [5.74, 6) is -1.77. The van der Waals surface area contributed by atoms with E-state index < -0.39 is 17.3 Å². The Hall–Kier alpha value is -4.05. The van der Waals surface area contributed by atoms with Crippen molar-refractivity contribution in [3.05, 3.63) is 87.5 Å². The lowest BCUT2D eigenvalue weighted by Gasteiger charge is -2.07. The summed E-state index contributed by atoms with van der Waals surface area (Å²) in [6, 6.07) is 16.4. The molecule has 2 N–H and O–H groups in total. The summed E-state index contributed by atoms with van der Waals surface area (Å²) in [4.78, 5) is 42.4. The fraction of sp³-hybridized carbons (Fsp3) is 0.0500. The number of hydrogen-bond donors (Lipinski definition) is 2. The van der Waals surface area contributed by atoms with Crippen LogP contribution in [0.25, 0.3) is 11.3 Å². The predicted octanol–water partition coefficient (Wildman–Crippen LogP) is 2.43. The average molecular weight is 359 g/mol. The van der Waals surface area contributed by atoms with E-state index in [1.165, 1.54) is 18.2 Å². The zero-order chi connectivity index (χ0) is 19.4. The van der Waals surface area contributed by atoms with Crippen molar-refractivity contribution in [3.8, 4) is 17.3 Å². The maximum Gasteiger partial charge on any atom is 0.335 e. The molecule has 0 aliphatic heterocycles. The van der Waals surface area contributed by atoms with Crippen LogP contribution in [0.5, 0.6) is 0 Å². The van der Waals surface area contributed by atoms with Crippen molar-refractivity contribution in [3.63, 3.8) is 0 Å². The summed E-state index contributed by atoms with van der Waals surface area (Å²) in [6.07, 6.45) is -0.135. The number of carboxylic acid groups (broad SMARTS) is 1. The molecular weight excluding hydrogens is 346 g/mol. The molecule has 3 rings (SSSR count). The molecule has 2 aromatic carbocycles. The molecule has 0 spiro atoms. The average Bonchev–Trinajstić information content (AvgIpc) is 2.68. The minimum absolute atomic E-state index is 0.0616. The van der Waals surface area contributed by atoms with Crippen LogP contribution in [-0.4, -0.2) is 26.8 Å². The fourth-order valence-electron chi connectivity index (χ4n) is 2.60. The number of hydrogen-bond acceptors (Lipinski definition) is 5.